The van der Waals surface area contributed by atoms with E-state index in [2.05, 4.69) is 91.4 Å². The Morgan fingerprint density at radius 1 is 0.714 bits per heavy atom. The Hall–Kier alpha value is -0.530. The third-order valence-electron chi connectivity index (χ3n) is 4.53. The first-order valence-corrected chi connectivity index (χ1v) is 8.14. The predicted molar refractivity (Wildman–Crippen MR) is 94.7 cm³/mol. The Labute approximate surface area is 136 Å². The molecule has 0 radical (unpaired) electrons. The molecule has 0 spiro atoms. The average molecular weight is 310 g/mol. The van der Waals surface area contributed by atoms with E-state index >= 15 is 0 Å². The van der Waals surface area contributed by atoms with Gasteiger partial charge in [-0.05, 0) is 39.1 Å². The minimum atomic E-state index is -0.328. The van der Waals surface area contributed by atoms with Crippen molar-refractivity contribution >= 4 is 11.8 Å². The molecular weight excluding hydrogens is 278 g/mol. The number of hydrogen-bond acceptors (Lipinski definition) is 1. The van der Waals surface area contributed by atoms with Crippen LogP contribution in [-0.4, -0.2) is 0 Å². The predicted octanol–water partition coefficient (Wildman–Crippen LogP) is 6.02. The molecule has 120 valence electrons. The number of hydrogen-bond donors (Lipinski definition) is 1. The van der Waals surface area contributed by atoms with Crippen molar-refractivity contribution in [3.05, 3.63) is 35.4 Å². The zero-order chi connectivity index (χ0) is 16.7. The van der Waals surface area contributed by atoms with E-state index in [0.29, 0.717) is 0 Å². The van der Waals surface area contributed by atoms with Gasteiger partial charge in [-0.2, -0.15) is 0 Å². The molecule has 0 fully saturated rings. The van der Waals surface area contributed by atoms with Crippen molar-refractivity contribution in [2.24, 2.45) is 10.8 Å². The lowest BCUT2D eigenvalue weighted by molar-refractivity contribution is 0.0385. The summed E-state index contributed by atoms with van der Waals surface area (Å²) in [6.45, 7) is 20.3. The molecule has 1 aromatic carbocycles. The minimum Gasteiger partial charge on any atom is -0.222 e. The van der Waals surface area contributed by atoms with Gasteiger partial charge in [0.25, 0.3) is 0 Å². The maximum Gasteiger partial charge on any atom is 0.0679 e. The molecular formula is C19H32ClN. The highest BCUT2D eigenvalue weighted by Crippen LogP contribution is 2.53. The lowest BCUT2D eigenvalue weighted by Gasteiger charge is -2.54. The maximum absolute atomic E-state index is 6.40. The summed E-state index contributed by atoms with van der Waals surface area (Å²) in [5.74, 6) is 0. The van der Waals surface area contributed by atoms with Gasteiger partial charge in [0, 0.05) is 0 Å². The van der Waals surface area contributed by atoms with Gasteiger partial charge in [-0.25, -0.2) is 4.84 Å². The van der Waals surface area contributed by atoms with Gasteiger partial charge in [-0.1, -0.05) is 86.6 Å². The molecule has 1 nitrogen and oxygen atoms in total. The van der Waals surface area contributed by atoms with Crippen LogP contribution >= 0.6 is 11.8 Å². The van der Waals surface area contributed by atoms with E-state index in [9.17, 15) is 0 Å². The summed E-state index contributed by atoms with van der Waals surface area (Å²) in [7, 11) is 0. The molecule has 0 amide bonds. The average Bonchev–Trinajstić information content (AvgIpc) is 2.25. The van der Waals surface area contributed by atoms with E-state index in [4.69, 9.17) is 11.8 Å². The molecule has 0 bridgehead atoms. The molecule has 1 N–H and O–H groups in total. The van der Waals surface area contributed by atoms with Crippen LogP contribution in [-0.2, 0) is 11.0 Å². The quantitative estimate of drug-likeness (QED) is 0.659. The monoisotopic (exact) mass is 309 g/mol. The second kappa shape index (κ2) is 5.59. The van der Waals surface area contributed by atoms with Crippen molar-refractivity contribution < 1.29 is 0 Å². The molecule has 0 aliphatic carbocycles. The lowest BCUT2D eigenvalue weighted by Crippen LogP contribution is -2.58. The standard InChI is InChI=1S/C19H32ClN/c1-16(2,3)14-12-10-11-13-15(14)19(21-20,17(4,5)6)18(7,8)9/h10-13,21H,1-9H3. The fourth-order valence-corrected chi connectivity index (χ4v) is 4.40. The summed E-state index contributed by atoms with van der Waals surface area (Å²) in [4.78, 5) is 3.20. The summed E-state index contributed by atoms with van der Waals surface area (Å²) in [5.41, 5.74) is 2.33. The van der Waals surface area contributed by atoms with E-state index in [1.807, 2.05) is 0 Å². The van der Waals surface area contributed by atoms with E-state index in [1.165, 1.54) is 11.1 Å². The third-order valence-corrected chi connectivity index (χ3v) is 4.81. The minimum absolute atomic E-state index is 0.0334. The first-order valence-electron chi connectivity index (χ1n) is 7.77. The summed E-state index contributed by atoms with van der Waals surface area (Å²) >= 11 is 6.40. The molecule has 0 saturated heterocycles. The number of nitrogens with one attached hydrogen (secondary N) is 1. The van der Waals surface area contributed by atoms with E-state index < -0.39 is 0 Å². The molecule has 0 atom stereocenters. The van der Waals surface area contributed by atoms with Gasteiger partial charge < -0.3 is 0 Å². The second-order valence-corrected chi connectivity index (χ2v) is 9.33. The zero-order valence-corrected chi connectivity index (χ0v) is 15.9. The van der Waals surface area contributed by atoms with Crippen molar-refractivity contribution in [1.29, 1.82) is 0 Å². The molecule has 1 rings (SSSR count). The normalized spacial score (nSPS) is 14.4. The number of benzene rings is 1. The molecule has 0 aromatic heterocycles. The van der Waals surface area contributed by atoms with Crippen LogP contribution in [0.5, 0.6) is 0 Å². The smallest absolute Gasteiger partial charge is 0.0679 e. The Kier molecular flexibility index (Phi) is 4.93. The fourth-order valence-electron chi connectivity index (χ4n) is 3.73. The van der Waals surface area contributed by atoms with Crippen LogP contribution in [0.2, 0.25) is 0 Å². The Bertz CT molecular complexity index is 470. The van der Waals surface area contributed by atoms with Gasteiger partial charge >= 0.3 is 0 Å². The Balaban J connectivity index is 3.80. The molecule has 0 unspecified atom stereocenters. The van der Waals surface area contributed by atoms with Gasteiger partial charge in [0.2, 0.25) is 0 Å². The summed E-state index contributed by atoms with van der Waals surface area (Å²) in [5, 5.41) is 0. The van der Waals surface area contributed by atoms with Crippen LogP contribution in [0.15, 0.2) is 24.3 Å². The highest BCUT2D eigenvalue weighted by molar-refractivity contribution is 6.14. The van der Waals surface area contributed by atoms with E-state index in [0.717, 1.165) is 0 Å². The Morgan fingerprint density at radius 3 is 1.38 bits per heavy atom. The topological polar surface area (TPSA) is 12.0 Å². The lowest BCUT2D eigenvalue weighted by atomic mass is 9.56. The summed E-state index contributed by atoms with van der Waals surface area (Å²) in [6, 6.07) is 8.70. The summed E-state index contributed by atoms with van der Waals surface area (Å²) < 4.78 is 0. The molecule has 0 aliphatic heterocycles. The second-order valence-electron chi connectivity index (χ2n) is 9.14. The van der Waals surface area contributed by atoms with Gasteiger partial charge in [0.1, 0.15) is 0 Å². The number of rotatable bonds is 2. The van der Waals surface area contributed by atoms with Crippen LogP contribution in [0.1, 0.15) is 73.4 Å². The highest BCUT2D eigenvalue weighted by Gasteiger charge is 2.53. The van der Waals surface area contributed by atoms with Crippen molar-refractivity contribution in [1.82, 2.24) is 4.84 Å². The van der Waals surface area contributed by atoms with Gasteiger partial charge in [-0.15, -0.1) is 0 Å². The number of halogens is 1. The van der Waals surface area contributed by atoms with Gasteiger partial charge in [0.05, 0.1) is 5.54 Å². The van der Waals surface area contributed by atoms with Crippen LogP contribution in [0, 0.1) is 10.8 Å². The van der Waals surface area contributed by atoms with Crippen LogP contribution < -0.4 is 4.84 Å². The molecule has 0 saturated carbocycles. The SMILES string of the molecule is CC(C)(C)c1ccccc1C(NCl)(C(C)(C)C)C(C)(C)C. The van der Waals surface area contributed by atoms with Crippen molar-refractivity contribution in [3.63, 3.8) is 0 Å². The third kappa shape index (κ3) is 3.14. The van der Waals surface area contributed by atoms with E-state index in [1.54, 1.807) is 0 Å². The van der Waals surface area contributed by atoms with Gasteiger partial charge in [-0.3, -0.25) is 0 Å². The van der Waals surface area contributed by atoms with Gasteiger partial charge in [0.15, 0.2) is 0 Å². The largest absolute Gasteiger partial charge is 0.222 e. The van der Waals surface area contributed by atoms with Crippen molar-refractivity contribution in [2.45, 2.75) is 73.3 Å². The molecule has 1 aromatic rings. The van der Waals surface area contributed by atoms with Crippen LogP contribution in [0.4, 0.5) is 0 Å². The molecule has 2 heteroatoms. The summed E-state index contributed by atoms with van der Waals surface area (Å²) in [6.07, 6.45) is 0. The van der Waals surface area contributed by atoms with E-state index in [-0.39, 0.29) is 21.8 Å². The van der Waals surface area contributed by atoms with Crippen molar-refractivity contribution in [3.8, 4) is 0 Å². The van der Waals surface area contributed by atoms with Crippen molar-refractivity contribution in [2.75, 3.05) is 0 Å². The van der Waals surface area contributed by atoms with Crippen LogP contribution in [0.3, 0.4) is 0 Å². The first-order chi connectivity index (χ1) is 9.29. The maximum atomic E-state index is 6.40. The highest BCUT2D eigenvalue weighted by atomic mass is 35.5. The van der Waals surface area contributed by atoms with Crippen LogP contribution in [0.25, 0.3) is 0 Å². The molecule has 21 heavy (non-hydrogen) atoms. The zero-order valence-electron chi connectivity index (χ0n) is 15.2. The molecule has 0 aliphatic rings. The fraction of sp³-hybridized carbons (Fsp3) is 0.684. The molecule has 0 heterocycles. The Morgan fingerprint density at radius 2 is 1.10 bits per heavy atom. The first kappa shape index (κ1) is 18.5.